The van der Waals surface area contributed by atoms with Crippen LogP contribution in [0.25, 0.3) is 0 Å². The van der Waals surface area contributed by atoms with Crippen LogP contribution in [0.15, 0.2) is 24.3 Å². The first-order valence-electron chi connectivity index (χ1n) is 5.96. The van der Waals surface area contributed by atoms with Gasteiger partial charge >= 0.3 is 0 Å². The fourth-order valence-corrected chi connectivity index (χ4v) is 2.09. The lowest BCUT2D eigenvalue weighted by atomic mass is 9.81. The molecule has 0 unspecified atom stereocenters. The second-order valence-electron chi connectivity index (χ2n) is 4.51. The van der Waals surface area contributed by atoms with Gasteiger partial charge in [-0.15, -0.1) is 0 Å². The Bertz CT molecular complexity index is 267. The van der Waals surface area contributed by atoms with Gasteiger partial charge in [0.05, 0.1) is 0 Å². The maximum Gasteiger partial charge on any atom is -0.0276 e. The Morgan fingerprint density at radius 2 is 1.71 bits per heavy atom. The summed E-state index contributed by atoms with van der Waals surface area (Å²) >= 11 is 0. The van der Waals surface area contributed by atoms with Gasteiger partial charge in [0.2, 0.25) is 0 Å². The largest absolute Gasteiger partial charge is 0.0613 e. The highest BCUT2D eigenvalue weighted by molar-refractivity contribution is 5.22. The van der Waals surface area contributed by atoms with Crippen molar-refractivity contribution in [3.63, 3.8) is 0 Å². The smallest absolute Gasteiger partial charge is 0.0276 e. The van der Waals surface area contributed by atoms with Gasteiger partial charge in [-0.1, -0.05) is 50.5 Å². The maximum atomic E-state index is 2.30. The molecule has 0 heteroatoms. The van der Waals surface area contributed by atoms with Gasteiger partial charge in [0.15, 0.2) is 0 Å². The van der Waals surface area contributed by atoms with E-state index in [1.165, 1.54) is 43.2 Å². The fraction of sp³-hybridized carbons (Fsp3) is 0.571. The molecule has 0 aromatic heterocycles. The molecule has 0 saturated heterocycles. The highest BCUT2D eigenvalue weighted by Gasteiger charge is 2.16. The molecule has 0 amide bonds. The Morgan fingerprint density at radius 3 is 2.21 bits per heavy atom. The molecular weight excluding hydrogens is 168 g/mol. The lowest BCUT2D eigenvalue weighted by molar-refractivity contribution is 0.296. The molecule has 1 aromatic carbocycles. The Morgan fingerprint density at radius 1 is 1.07 bits per heavy atom. The van der Waals surface area contributed by atoms with Crippen LogP contribution in [0.3, 0.4) is 0 Å². The van der Waals surface area contributed by atoms with Crippen molar-refractivity contribution >= 4 is 0 Å². The first-order valence-corrected chi connectivity index (χ1v) is 5.96. The topological polar surface area (TPSA) is 0 Å². The van der Waals surface area contributed by atoms with E-state index < -0.39 is 0 Å². The minimum atomic E-state index is 1.04. The first kappa shape index (κ1) is 9.76. The lowest BCUT2D eigenvalue weighted by Gasteiger charge is -2.25. The zero-order valence-corrected chi connectivity index (χ0v) is 9.13. The molecular formula is C14H20. The second kappa shape index (κ2) is 4.63. The van der Waals surface area contributed by atoms with Crippen LogP contribution in [0.1, 0.15) is 43.7 Å². The zero-order valence-electron chi connectivity index (χ0n) is 9.13. The summed E-state index contributed by atoms with van der Waals surface area (Å²) in [7, 11) is 0. The molecule has 1 aromatic rings. The van der Waals surface area contributed by atoms with Crippen LogP contribution < -0.4 is 0 Å². The minimum absolute atomic E-state index is 1.04. The van der Waals surface area contributed by atoms with Gasteiger partial charge in [0.1, 0.15) is 0 Å². The van der Waals surface area contributed by atoms with E-state index in [4.69, 9.17) is 0 Å². The molecule has 0 bridgehead atoms. The molecule has 0 N–H and O–H groups in total. The number of rotatable bonds is 4. The van der Waals surface area contributed by atoms with E-state index in [1.54, 1.807) is 0 Å². The Labute approximate surface area is 87.3 Å². The molecule has 1 fully saturated rings. The van der Waals surface area contributed by atoms with Crippen molar-refractivity contribution in [3.05, 3.63) is 35.4 Å². The summed E-state index contributed by atoms with van der Waals surface area (Å²) in [5.74, 6) is 1.04. The molecule has 0 aliphatic heterocycles. The Kier molecular flexibility index (Phi) is 3.23. The molecule has 1 saturated carbocycles. The summed E-state index contributed by atoms with van der Waals surface area (Å²) in [6, 6.07) is 9.15. The third-order valence-electron chi connectivity index (χ3n) is 3.50. The van der Waals surface area contributed by atoms with Gasteiger partial charge in [0.25, 0.3) is 0 Å². The summed E-state index contributed by atoms with van der Waals surface area (Å²) in [5, 5.41) is 0. The SMILES string of the molecule is CCc1ccc(CCC2CCC2)cc1. The third-order valence-corrected chi connectivity index (χ3v) is 3.50. The molecule has 76 valence electrons. The summed E-state index contributed by atoms with van der Waals surface area (Å²) in [6.45, 7) is 2.21. The second-order valence-corrected chi connectivity index (χ2v) is 4.51. The van der Waals surface area contributed by atoms with Gasteiger partial charge in [0, 0.05) is 0 Å². The van der Waals surface area contributed by atoms with E-state index in [-0.39, 0.29) is 0 Å². The maximum absolute atomic E-state index is 2.30. The van der Waals surface area contributed by atoms with Crippen LogP contribution in [-0.4, -0.2) is 0 Å². The highest BCUT2D eigenvalue weighted by Crippen LogP contribution is 2.30. The summed E-state index contributed by atoms with van der Waals surface area (Å²) < 4.78 is 0. The van der Waals surface area contributed by atoms with E-state index in [0.29, 0.717) is 0 Å². The molecule has 0 spiro atoms. The van der Waals surface area contributed by atoms with Crippen molar-refractivity contribution in [2.75, 3.05) is 0 Å². The van der Waals surface area contributed by atoms with E-state index in [9.17, 15) is 0 Å². The van der Waals surface area contributed by atoms with Crippen LogP contribution in [0.5, 0.6) is 0 Å². The van der Waals surface area contributed by atoms with Crippen molar-refractivity contribution in [2.24, 2.45) is 5.92 Å². The Hall–Kier alpha value is -0.780. The van der Waals surface area contributed by atoms with Crippen LogP contribution >= 0.6 is 0 Å². The number of benzene rings is 1. The average molecular weight is 188 g/mol. The number of hydrogen-bond donors (Lipinski definition) is 0. The van der Waals surface area contributed by atoms with Gasteiger partial charge in [-0.2, -0.15) is 0 Å². The van der Waals surface area contributed by atoms with Gasteiger partial charge < -0.3 is 0 Å². The van der Waals surface area contributed by atoms with E-state index in [1.807, 2.05) is 0 Å². The molecule has 0 atom stereocenters. The number of hydrogen-bond acceptors (Lipinski definition) is 0. The molecule has 1 aliphatic rings. The molecule has 2 rings (SSSR count). The minimum Gasteiger partial charge on any atom is -0.0613 e. The molecule has 1 aliphatic carbocycles. The van der Waals surface area contributed by atoms with Crippen LogP contribution in [0.4, 0.5) is 0 Å². The van der Waals surface area contributed by atoms with Crippen LogP contribution in [0, 0.1) is 5.92 Å². The number of aryl methyl sites for hydroxylation is 2. The molecule has 0 heterocycles. The summed E-state index contributed by atoms with van der Waals surface area (Å²) in [5.41, 5.74) is 2.98. The van der Waals surface area contributed by atoms with Crippen molar-refractivity contribution < 1.29 is 0 Å². The van der Waals surface area contributed by atoms with Crippen molar-refractivity contribution in [1.82, 2.24) is 0 Å². The van der Waals surface area contributed by atoms with E-state index >= 15 is 0 Å². The Balaban J connectivity index is 1.83. The lowest BCUT2D eigenvalue weighted by Crippen LogP contribution is -2.11. The van der Waals surface area contributed by atoms with Crippen molar-refractivity contribution in [1.29, 1.82) is 0 Å². The summed E-state index contributed by atoms with van der Waals surface area (Å²) in [4.78, 5) is 0. The monoisotopic (exact) mass is 188 g/mol. The predicted octanol–water partition coefficient (Wildman–Crippen LogP) is 3.98. The van der Waals surface area contributed by atoms with Crippen LogP contribution in [-0.2, 0) is 12.8 Å². The van der Waals surface area contributed by atoms with Crippen molar-refractivity contribution in [2.45, 2.75) is 45.4 Å². The average Bonchev–Trinajstić information content (AvgIpc) is 2.16. The summed E-state index contributed by atoms with van der Waals surface area (Å²) in [6.07, 6.45) is 8.28. The zero-order chi connectivity index (χ0) is 9.80. The van der Waals surface area contributed by atoms with Gasteiger partial charge in [-0.05, 0) is 36.3 Å². The first-order chi connectivity index (χ1) is 6.88. The van der Waals surface area contributed by atoms with E-state index in [0.717, 1.165) is 12.3 Å². The van der Waals surface area contributed by atoms with E-state index in [2.05, 4.69) is 31.2 Å². The fourth-order valence-electron chi connectivity index (χ4n) is 2.09. The molecule has 0 radical (unpaired) electrons. The molecule has 14 heavy (non-hydrogen) atoms. The van der Waals surface area contributed by atoms with Crippen molar-refractivity contribution in [3.8, 4) is 0 Å². The standard InChI is InChI=1S/C14H20/c1-2-12-6-8-14(9-7-12)11-10-13-4-3-5-13/h6-9,13H,2-5,10-11H2,1H3. The quantitative estimate of drug-likeness (QED) is 0.670. The predicted molar refractivity (Wildman–Crippen MR) is 61.5 cm³/mol. The van der Waals surface area contributed by atoms with Gasteiger partial charge in [-0.25, -0.2) is 0 Å². The van der Waals surface area contributed by atoms with Crippen LogP contribution in [0.2, 0.25) is 0 Å². The molecule has 0 nitrogen and oxygen atoms in total. The highest BCUT2D eigenvalue weighted by atomic mass is 14.2. The van der Waals surface area contributed by atoms with Gasteiger partial charge in [-0.3, -0.25) is 0 Å². The third kappa shape index (κ3) is 2.37. The normalized spacial score (nSPS) is 16.6.